The molecular formula is C25H41Cl3N6O. The van der Waals surface area contributed by atoms with E-state index in [0.717, 1.165) is 24.2 Å². The van der Waals surface area contributed by atoms with Gasteiger partial charge in [0.05, 0.1) is 13.2 Å². The monoisotopic (exact) mass is 546 g/mol. The Balaban J connectivity index is 1.90. The quantitative estimate of drug-likeness (QED) is 0.392. The summed E-state index contributed by atoms with van der Waals surface area (Å²) in [7, 11) is 0. The maximum Gasteiger partial charge on any atom is 0.261 e. The normalized spacial score (nSPS) is 34.7. The molecule has 35 heavy (non-hydrogen) atoms. The van der Waals surface area contributed by atoms with Crippen LogP contribution in [-0.2, 0) is 4.74 Å². The van der Waals surface area contributed by atoms with Crippen LogP contribution in [-0.4, -0.2) is 79.3 Å². The van der Waals surface area contributed by atoms with Gasteiger partial charge in [0.25, 0.3) is 5.25 Å². The molecule has 0 aliphatic carbocycles. The van der Waals surface area contributed by atoms with Gasteiger partial charge in [-0.1, -0.05) is 23.2 Å². The predicted molar refractivity (Wildman–Crippen MR) is 146 cm³/mol. The van der Waals surface area contributed by atoms with Crippen LogP contribution in [0.15, 0.2) is 28.5 Å². The Morgan fingerprint density at radius 2 is 1.37 bits per heavy atom. The third-order valence-corrected chi connectivity index (χ3v) is 7.98. The maximum absolute atomic E-state index is 7.86. The largest absolute Gasteiger partial charge is 0.379 e. The van der Waals surface area contributed by atoms with Crippen molar-refractivity contribution in [2.75, 3.05) is 26.3 Å². The third-order valence-electron chi connectivity index (χ3n) is 6.83. The summed E-state index contributed by atoms with van der Waals surface area (Å²) in [5, 5.41) is 6.54. The predicted octanol–water partition coefficient (Wildman–Crippen LogP) is 4.77. The number of alkyl halides is 2. The zero-order valence-electron chi connectivity index (χ0n) is 22.3. The van der Waals surface area contributed by atoms with E-state index in [4.69, 9.17) is 44.5 Å². The summed E-state index contributed by atoms with van der Waals surface area (Å²) in [5.74, 6) is 0. The molecule has 198 valence electrons. The van der Waals surface area contributed by atoms with Gasteiger partial charge in [-0.15, -0.1) is 0 Å². The van der Waals surface area contributed by atoms with Crippen molar-refractivity contribution in [2.45, 2.75) is 101 Å². The van der Waals surface area contributed by atoms with Crippen molar-refractivity contribution in [3.8, 4) is 0 Å². The first kappa shape index (κ1) is 27.5. The topological polar surface area (TPSA) is 55.4 Å². The highest BCUT2D eigenvalue weighted by molar-refractivity contribution is 6.65. The van der Waals surface area contributed by atoms with E-state index < -0.39 is 10.9 Å². The van der Waals surface area contributed by atoms with Crippen molar-refractivity contribution in [1.29, 1.82) is 0 Å². The summed E-state index contributed by atoms with van der Waals surface area (Å²) in [4.78, 5) is 11.0. The zero-order valence-corrected chi connectivity index (χ0v) is 24.6. The Kier molecular flexibility index (Phi) is 7.10. The summed E-state index contributed by atoms with van der Waals surface area (Å²) in [6.45, 7) is 19.9. The van der Waals surface area contributed by atoms with Gasteiger partial charge in [0, 0.05) is 59.5 Å². The Morgan fingerprint density at radius 3 is 1.89 bits per heavy atom. The Hall–Kier alpha value is -0.540. The Morgan fingerprint density at radius 1 is 0.886 bits per heavy atom. The summed E-state index contributed by atoms with van der Waals surface area (Å²) in [6.07, 6.45) is 5.92. The molecule has 2 N–H and O–H groups in total. The minimum atomic E-state index is -1.18. The number of aliphatic imine (C=N–C) groups is 1. The molecule has 2 atom stereocenters. The molecule has 0 saturated carbocycles. The fourth-order valence-corrected chi connectivity index (χ4v) is 7.74. The van der Waals surface area contributed by atoms with E-state index in [1.165, 1.54) is 0 Å². The molecule has 4 aliphatic rings. The SMILES string of the molecule is CC1(C)C=C(N2C(Cl)=NC(Cl)N(C3=CC(C)(C)NC(C)(C)C3)C2(Cl)N2CCOCC2)CC(C)(C)N1. The second-order valence-corrected chi connectivity index (χ2v) is 13.9. The van der Waals surface area contributed by atoms with Gasteiger partial charge in [-0.2, -0.15) is 0 Å². The van der Waals surface area contributed by atoms with Gasteiger partial charge in [0.2, 0.25) is 10.9 Å². The van der Waals surface area contributed by atoms with E-state index in [9.17, 15) is 0 Å². The van der Waals surface area contributed by atoms with Gasteiger partial charge in [0.15, 0.2) is 0 Å². The van der Waals surface area contributed by atoms with E-state index in [1.54, 1.807) is 0 Å². The number of nitrogens with one attached hydrogen (secondary N) is 2. The van der Waals surface area contributed by atoms with Crippen LogP contribution in [0.3, 0.4) is 0 Å². The fourth-order valence-electron chi connectivity index (χ4n) is 6.37. The third kappa shape index (κ3) is 5.52. The number of amidine groups is 1. The highest BCUT2D eigenvalue weighted by Gasteiger charge is 2.56. The van der Waals surface area contributed by atoms with Crippen LogP contribution in [0.5, 0.6) is 0 Å². The van der Waals surface area contributed by atoms with Gasteiger partial charge in [-0.05, 0) is 79.1 Å². The number of halogens is 3. The standard InChI is InChI=1S/C25H41Cl3N6O/c1-21(2)13-17(14-22(3,4)30-21)33-19(26)29-20(27)34(25(33,28)32-9-11-35-12-10-32)18-15-23(5,6)31-24(7,8)16-18/h13,15,19,30-31H,9-12,14,16H2,1-8H3. The van der Waals surface area contributed by atoms with E-state index in [2.05, 4.69) is 88.0 Å². The molecule has 4 rings (SSSR count). The molecule has 1 fully saturated rings. The smallest absolute Gasteiger partial charge is 0.261 e. The molecule has 0 bridgehead atoms. The molecule has 0 aromatic rings. The van der Waals surface area contributed by atoms with Crippen LogP contribution >= 0.6 is 34.8 Å². The van der Waals surface area contributed by atoms with Crippen molar-refractivity contribution in [1.82, 2.24) is 25.3 Å². The number of hydrogen-bond acceptors (Lipinski definition) is 7. The van der Waals surface area contributed by atoms with Crippen LogP contribution in [0.1, 0.15) is 68.2 Å². The molecule has 10 heteroatoms. The first-order valence-corrected chi connectivity index (χ1v) is 13.6. The number of ether oxygens (including phenoxy) is 1. The van der Waals surface area contributed by atoms with Crippen LogP contribution in [0.25, 0.3) is 0 Å². The molecule has 0 amide bonds. The summed E-state index contributed by atoms with van der Waals surface area (Å²) in [5.41, 5.74) is 0.511. The Labute approximate surface area is 225 Å². The van der Waals surface area contributed by atoms with Crippen molar-refractivity contribution >= 4 is 40.1 Å². The lowest BCUT2D eigenvalue weighted by molar-refractivity contribution is -0.105. The lowest BCUT2D eigenvalue weighted by atomic mass is 9.85. The summed E-state index contributed by atoms with van der Waals surface area (Å²) in [6, 6.07) is 0. The molecule has 0 aromatic carbocycles. The van der Waals surface area contributed by atoms with Crippen molar-refractivity contribution < 1.29 is 4.74 Å². The van der Waals surface area contributed by atoms with Gasteiger partial charge < -0.3 is 15.4 Å². The molecule has 4 heterocycles. The lowest BCUT2D eigenvalue weighted by Crippen LogP contribution is -2.73. The number of hydrogen-bond donors (Lipinski definition) is 2. The molecule has 0 aromatic heterocycles. The average Bonchev–Trinajstić information content (AvgIpc) is 2.63. The molecular weight excluding hydrogens is 507 g/mol. The average molecular weight is 548 g/mol. The van der Waals surface area contributed by atoms with E-state index in [-0.39, 0.29) is 22.2 Å². The van der Waals surface area contributed by atoms with Crippen LogP contribution < -0.4 is 10.6 Å². The first-order valence-electron chi connectivity index (χ1n) is 12.5. The van der Waals surface area contributed by atoms with Crippen LogP contribution in [0.4, 0.5) is 0 Å². The molecule has 2 unspecified atom stereocenters. The van der Waals surface area contributed by atoms with E-state index in [0.29, 0.717) is 31.6 Å². The van der Waals surface area contributed by atoms with Crippen LogP contribution in [0, 0.1) is 0 Å². The fraction of sp³-hybridized carbons (Fsp3) is 0.800. The second-order valence-electron chi connectivity index (χ2n) is 12.7. The molecule has 0 spiro atoms. The molecule has 7 nitrogen and oxygen atoms in total. The molecule has 0 radical (unpaired) electrons. The van der Waals surface area contributed by atoms with Crippen molar-refractivity contribution in [3.63, 3.8) is 0 Å². The highest BCUT2D eigenvalue weighted by atomic mass is 35.5. The van der Waals surface area contributed by atoms with Gasteiger partial charge in [-0.3, -0.25) is 9.80 Å². The van der Waals surface area contributed by atoms with Gasteiger partial charge in [-0.25, -0.2) is 9.89 Å². The summed E-state index contributed by atoms with van der Waals surface area (Å²) < 4.78 is 5.70. The van der Waals surface area contributed by atoms with Crippen molar-refractivity contribution in [2.24, 2.45) is 4.99 Å². The lowest BCUT2D eigenvalue weighted by Gasteiger charge is -2.59. The second kappa shape index (κ2) is 9.04. The van der Waals surface area contributed by atoms with Crippen molar-refractivity contribution in [3.05, 3.63) is 23.5 Å². The number of nitrogens with zero attached hydrogens (tertiary/aromatic N) is 4. The van der Waals surface area contributed by atoms with Gasteiger partial charge in [0.1, 0.15) is 0 Å². The number of rotatable bonds is 3. The zero-order chi connectivity index (χ0) is 26.0. The van der Waals surface area contributed by atoms with E-state index in [1.807, 2.05) is 4.90 Å². The number of morpholine rings is 1. The minimum absolute atomic E-state index is 0.152. The minimum Gasteiger partial charge on any atom is -0.379 e. The Bertz CT molecular complexity index is 937. The molecule has 1 saturated heterocycles. The van der Waals surface area contributed by atoms with Gasteiger partial charge >= 0.3 is 0 Å². The molecule has 4 aliphatic heterocycles. The van der Waals surface area contributed by atoms with E-state index >= 15 is 0 Å². The first-order chi connectivity index (χ1) is 15.9. The highest BCUT2D eigenvalue weighted by Crippen LogP contribution is 2.47. The van der Waals surface area contributed by atoms with Crippen LogP contribution in [0.2, 0.25) is 0 Å². The maximum atomic E-state index is 7.86. The summed E-state index contributed by atoms with van der Waals surface area (Å²) >= 11 is 21.8.